The maximum absolute atomic E-state index is 13.5. The summed E-state index contributed by atoms with van der Waals surface area (Å²) in [7, 11) is 3.31. The number of carbonyl (C=O) groups is 1. The summed E-state index contributed by atoms with van der Waals surface area (Å²) in [6, 6.07) is 3.69. The van der Waals surface area contributed by atoms with Gasteiger partial charge in [-0.05, 0) is 49.6 Å². The van der Waals surface area contributed by atoms with Gasteiger partial charge in [-0.25, -0.2) is 13.6 Å². The zero-order chi connectivity index (χ0) is 15.1. The summed E-state index contributed by atoms with van der Waals surface area (Å²) in [5, 5.41) is 0. The first kappa shape index (κ1) is 14.2. The number of carbonyl (C=O) groups excluding carboxylic acids is 1. The standard InChI is InChI=1S/C16H17F2NO2/c1-19-12-3-4-14(19)15(16(20)21-2)13(8-12)9-5-10(17)7-11(18)6-9/h5-7,12,14H,3-4,8H2,1-2H3/t12-,14+/m0/s1. The van der Waals surface area contributed by atoms with Crippen LogP contribution in [0.1, 0.15) is 24.8 Å². The van der Waals surface area contributed by atoms with Crippen molar-refractivity contribution in [3.8, 4) is 0 Å². The number of likely N-dealkylation sites (N-methyl/N-ethyl adjacent to an activating group) is 1. The topological polar surface area (TPSA) is 29.5 Å². The van der Waals surface area contributed by atoms with E-state index in [0.29, 0.717) is 29.2 Å². The Morgan fingerprint density at radius 2 is 1.90 bits per heavy atom. The highest BCUT2D eigenvalue weighted by atomic mass is 19.1. The number of rotatable bonds is 2. The molecule has 3 nitrogen and oxygen atoms in total. The van der Waals surface area contributed by atoms with Crippen LogP contribution in [0.4, 0.5) is 8.78 Å². The first-order valence-corrected chi connectivity index (χ1v) is 7.01. The molecule has 0 radical (unpaired) electrons. The van der Waals surface area contributed by atoms with Crippen LogP contribution in [-0.4, -0.2) is 37.1 Å². The second-order valence-electron chi connectivity index (χ2n) is 5.66. The van der Waals surface area contributed by atoms with Crippen LogP contribution < -0.4 is 0 Å². The minimum atomic E-state index is -0.631. The number of ether oxygens (including phenoxy) is 1. The molecule has 0 unspecified atom stereocenters. The molecule has 1 fully saturated rings. The van der Waals surface area contributed by atoms with Crippen LogP contribution >= 0.6 is 0 Å². The van der Waals surface area contributed by atoms with E-state index in [9.17, 15) is 13.6 Å². The zero-order valence-electron chi connectivity index (χ0n) is 12.0. The summed E-state index contributed by atoms with van der Waals surface area (Å²) in [6.45, 7) is 0. The molecule has 2 heterocycles. The number of fused-ring (bicyclic) bond motifs is 2. The molecule has 0 N–H and O–H groups in total. The third-order valence-corrected chi connectivity index (χ3v) is 4.56. The van der Waals surface area contributed by atoms with Gasteiger partial charge in [-0.15, -0.1) is 0 Å². The molecule has 0 spiro atoms. The highest BCUT2D eigenvalue weighted by Crippen LogP contribution is 2.42. The van der Waals surface area contributed by atoms with Crippen LogP contribution in [0.5, 0.6) is 0 Å². The summed E-state index contributed by atoms with van der Waals surface area (Å²) >= 11 is 0. The van der Waals surface area contributed by atoms with E-state index >= 15 is 0 Å². The maximum Gasteiger partial charge on any atom is 0.335 e. The molecule has 2 atom stereocenters. The van der Waals surface area contributed by atoms with Crippen molar-refractivity contribution in [3.05, 3.63) is 41.0 Å². The monoisotopic (exact) mass is 293 g/mol. The Bertz CT molecular complexity index is 606. The number of hydrogen-bond donors (Lipinski definition) is 0. The Balaban J connectivity index is 2.15. The van der Waals surface area contributed by atoms with Gasteiger partial charge in [0.25, 0.3) is 0 Å². The lowest BCUT2D eigenvalue weighted by atomic mass is 9.88. The molecule has 0 saturated carbocycles. The molecule has 3 rings (SSSR count). The van der Waals surface area contributed by atoms with Gasteiger partial charge in [0.05, 0.1) is 12.7 Å². The fraction of sp³-hybridized carbons (Fsp3) is 0.438. The van der Waals surface area contributed by atoms with Gasteiger partial charge in [-0.2, -0.15) is 0 Å². The highest BCUT2D eigenvalue weighted by Gasteiger charge is 2.42. The van der Waals surface area contributed by atoms with E-state index in [1.165, 1.54) is 19.2 Å². The van der Waals surface area contributed by atoms with Crippen LogP contribution in [0, 0.1) is 11.6 Å². The van der Waals surface area contributed by atoms with E-state index in [1.54, 1.807) is 0 Å². The zero-order valence-corrected chi connectivity index (χ0v) is 12.0. The summed E-state index contributed by atoms with van der Waals surface area (Å²) < 4.78 is 31.9. The van der Waals surface area contributed by atoms with Crippen LogP contribution in [0.25, 0.3) is 5.57 Å². The number of hydrogen-bond acceptors (Lipinski definition) is 3. The second-order valence-corrected chi connectivity index (χ2v) is 5.66. The Labute approximate surface area is 122 Å². The number of nitrogens with zero attached hydrogens (tertiary/aromatic N) is 1. The van der Waals surface area contributed by atoms with Crippen LogP contribution in [-0.2, 0) is 9.53 Å². The molecule has 1 aromatic carbocycles. The van der Waals surface area contributed by atoms with E-state index < -0.39 is 17.6 Å². The third-order valence-electron chi connectivity index (χ3n) is 4.56. The molecule has 1 aromatic rings. The van der Waals surface area contributed by atoms with Gasteiger partial charge in [0, 0.05) is 18.2 Å². The minimum absolute atomic E-state index is 0.0301. The Morgan fingerprint density at radius 3 is 2.52 bits per heavy atom. The van der Waals surface area contributed by atoms with E-state index in [4.69, 9.17) is 4.74 Å². The predicted molar refractivity (Wildman–Crippen MR) is 74.5 cm³/mol. The molecule has 0 amide bonds. The minimum Gasteiger partial charge on any atom is -0.466 e. The van der Waals surface area contributed by atoms with Crippen LogP contribution in [0.15, 0.2) is 23.8 Å². The summed E-state index contributed by atoms with van der Waals surface area (Å²) in [5.74, 6) is -1.67. The molecular formula is C16H17F2NO2. The lowest BCUT2D eigenvalue weighted by Crippen LogP contribution is -2.40. The number of halogens is 2. The van der Waals surface area contributed by atoms with E-state index in [0.717, 1.165) is 18.9 Å². The van der Waals surface area contributed by atoms with Gasteiger partial charge in [0.15, 0.2) is 0 Å². The number of esters is 1. The lowest BCUT2D eigenvalue weighted by molar-refractivity contribution is -0.136. The first-order valence-electron chi connectivity index (χ1n) is 7.01. The lowest BCUT2D eigenvalue weighted by Gasteiger charge is -2.34. The Morgan fingerprint density at radius 1 is 1.24 bits per heavy atom. The van der Waals surface area contributed by atoms with Crippen molar-refractivity contribution < 1.29 is 18.3 Å². The molecule has 2 aliphatic rings. The molecule has 2 aliphatic heterocycles. The average Bonchev–Trinajstić information content (AvgIpc) is 2.69. The summed E-state index contributed by atoms with van der Waals surface area (Å²) in [4.78, 5) is 14.3. The average molecular weight is 293 g/mol. The maximum atomic E-state index is 13.5. The Kier molecular flexibility index (Phi) is 3.53. The largest absolute Gasteiger partial charge is 0.466 e. The van der Waals surface area contributed by atoms with Crippen molar-refractivity contribution in [3.63, 3.8) is 0 Å². The van der Waals surface area contributed by atoms with Gasteiger partial charge in [0.1, 0.15) is 11.6 Å². The van der Waals surface area contributed by atoms with Gasteiger partial charge in [-0.1, -0.05) is 0 Å². The fourth-order valence-electron chi connectivity index (χ4n) is 3.52. The highest BCUT2D eigenvalue weighted by molar-refractivity contribution is 5.99. The molecule has 2 bridgehead atoms. The SMILES string of the molecule is COC(=O)C1=C(c2cc(F)cc(F)c2)C[C@@H]2CC[C@H]1N2C. The second kappa shape index (κ2) is 5.22. The predicted octanol–water partition coefficient (Wildman–Crippen LogP) is 2.76. The third kappa shape index (κ3) is 2.35. The van der Waals surface area contributed by atoms with Gasteiger partial charge in [0.2, 0.25) is 0 Å². The molecule has 112 valence electrons. The quantitative estimate of drug-likeness (QED) is 0.785. The van der Waals surface area contributed by atoms with Crippen LogP contribution in [0.3, 0.4) is 0 Å². The molecular weight excluding hydrogens is 276 g/mol. The number of methoxy groups -OCH3 is 1. The van der Waals surface area contributed by atoms with Crippen molar-refractivity contribution >= 4 is 11.5 Å². The first-order chi connectivity index (χ1) is 10.0. The van der Waals surface area contributed by atoms with Crippen molar-refractivity contribution in [2.45, 2.75) is 31.3 Å². The molecule has 0 aliphatic carbocycles. The van der Waals surface area contributed by atoms with Gasteiger partial charge in [-0.3, -0.25) is 4.90 Å². The van der Waals surface area contributed by atoms with Gasteiger partial charge >= 0.3 is 5.97 Å². The van der Waals surface area contributed by atoms with E-state index in [1.807, 2.05) is 7.05 Å². The number of benzene rings is 1. The smallest absolute Gasteiger partial charge is 0.335 e. The van der Waals surface area contributed by atoms with Crippen molar-refractivity contribution in [1.82, 2.24) is 4.90 Å². The fourth-order valence-corrected chi connectivity index (χ4v) is 3.52. The molecule has 5 heteroatoms. The molecule has 1 saturated heterocycles. The molecule has 0 aromatic heterocycles. The summed E-state index contributed by atoms with van der Waals surface area (Å²) in [6.07, 6.45) is 2.45. The van der Waals surface area contributed by atoms with Crippen LogP contribution in [0.2, 0.25) is 0 Å². The van der Waals surface area contributed by atoms with Gasteiger partial charge < -0.3 is 4.74 Å². The molecule has 21 heavy (non-hydrogen) atoms. The summed E-state index contributed by atoms with van der Waals surface area (Å²) in [5.41, 5.74) is 1.70. The van der Waals surface area contributed by atoms with E-state index in [-0.39, 0.29) is 6.04 Å². The van der Waals surface area contributed by atoms with Crippen molar-refractivity contribution in [2.75, 3.05) is 14.2 Å². The van der Waals surface area contributed by atoms with Crippen molar-refractivity contribution in [1.29, 1.82) is 0 Å². The Hall–Kier alpha value is -1.75. The van der Waals surface area contributed by atoms with E-state index in [2.05, 4.69) is 4.90 Å². The van der Waals surface area contributed by atoms with Crippen molar-refractivity contribution in [2.24, 2.45) is 0 Å². The normalized spacial score (nSPS) is 25.3.